The Balaban J connectivity index is 2.15. The standard InChI is InChI=1S/C26H39B2N2P/c1-10-31(11-2,12-3)27-28-29(25-21(6)15-19(4)16-22(25)7)13-14-30(28)26-23(8)17-20(5)18-24(26)9/h13-18H,10-12H2,1-9H3. The second-order valence-corrected chi connectivity index (χ2v) is 14.0. The van der Waals surface area contributed by atoms with E-state index < -0.39 is 7.14 Å². The molecule has 0 amide bonds. The van der Waals surface area contributed by atoms with Crippen LogP contribution in [0.3, 0.4) is 0 Å². The van der Waals surface area contributed by atoms with Gasteiger partial charge in [-0.3, -0.25) is 0 Å². The summed E-state index contributed by atoms with van der Waals surface area (Å²) in [4.78, 5) is 5.05. The molecule has 164 valence electrons. The summed E-state index contributed by atoms with van der Waals surface area (Å²) in [5.74, 6) is 0. The molecule has 0 aromatic heterocycles. The maximum atomic E-state index is 2.74. The van der Waals surface area contributed by atoms with Crippen LogP contribution in [-0.2, 0) is 0 Å². The van der Waals surface area contributed by atoms with Crippen LogP contribution in [0.4, 0.5) is 11.4 Å². The van der Waals surface area contributed by atoms with Gasteiger partial charge >= 0.3 is 0 Å². The normalized spacial score (nSPS) is 14.2. The largest absolute Gasteiger partial charge is 0.405 e. The van der Waals surface area contributed by atoms with Gasteiger partial charge in [0.1, 0.15) is 0 Å². The highest BCUT2D eigenvalue weighted by molar-refractivity contribution is 8.07. The van der Waals surface area contributed by atoms with Crippen LogP contribution in [0.25, 0.3) is 0 Å². The van der Waals surface area contributed by atoms with Gasteiger partial charge in [-0.2, -0.15) is 0 Å². The van der Waals surface area contributed by atoms with Gasteiger partial charge in [0.05, 0.1) is 0 Å². The topological polar surface area (TPSA) is 6.48 Å². The first kappa shape index (κ1) is 24.0. The molecule has 0 saturated heterocycles. The third kappa shape index (κ3) is 4.61. The Morgan fingerprint density at radius 1 is 0.645 bits per heavy atom. The second kappa shape index (κ2) is 9.45. The van der Waals surface area contributed by atoms with Crippen molar-refractivity contribution in [3.8, 4) is 0 Å². The van der Waals surface area contributed by atoms with Crippen molar-refractivity contribution in [1.29, 1.82) is 0 Å². The molecule has 2 aromatic carbocycles. The van der Waals surface area contributed by atoms with Crippen molar-refractivity contribution in [2.24, 2.45) is 0 Å². The summed E-state index contributed by atoms with van der Waals surface area (Å²) < 4.78 is 0. The van der Waals surface area contributed by atoms with Crippen LogP contribution in [0.2, 0.25) is 0 Å². The lowest BCUT2D eigenvalue weighted by Gasteiger charge is -2.46. The summed E-state index contributed by atoms with van der Waals surface area (Å²) in [5.41, 5.74) is 10.8. The van der Waals surface area contributed by atoms with Gasteiger partial charge in [0.15, 0.2) is 6.87 Å². The monoisotopic (exact) mass is 432 g/mol. The first-order valence-electron chi connectivity index (χ1n) is 11.8. The van der Waals surface area contributed by atoms with Crippen molar-refractivity contribution in [3.63, 3.8) is 0 Å². The minimum atomic E-state index is -1.13. The maximum Gasteiger partial charge on any atom is 0.174 e. The van der Waals surface area contributed by atoms with Crippen LogP contribution >= 0.6 is 7.14 Å². The molecule has 0 bridgehead atoms. The van der Waals surface area contributed by atoms with Crippen molar-refractivity contribution in [3.05, 3.63) is 70.0 Å². The van der Waals surface area contributed by atoms with E-state index in [0.717, 1.165) is 0 Å². The molecule has 1 aliphatic heterocycles. The molecular formula is C26H39B2N2P. The fourth-order valence-corrected chi connectivity index (χ4v) is 8.27. The van der Waals surface area contributed by atoms with Gasteiger partial charge in [-0.25, -0.2) is 7.14 Å². The van der Waals surface area contributed by atoms with Gasteiger partial charge in [-0.15, -0.1) is 0 Å². The molecule has 2 aromatic rings. The van der Waals surface area contributed by atoms with Crippen LogP contribution in [0, 0.1) is 41.5 Å². The van der Waals surface area contributed by atoms with E-state index in [1.54, 1.807) is 0 Å². The smallest absolute Gasteiger partial charge is 0.174 e. The summed E-state index contributed by atoms with van der Waals surface area (Å²) in [7, 11) is -1.13. The Labute approximate surface area is 192 Å². The molecule has 2 radical (unpaired) electrons. The molecule has 0 fully saturated rings. The summed E-state index contributed by atoms with van der Waals surface area (Å²) >= 11 is 0. The lowest BCUT2D eigenvalue weighted by molar-refractivity contribution is 1.25. The number of benzene rings is 2. The lowest BCUT2D eigenvalue weighted by Crippen LogP contribution is -2.51. The van der Waals surface area contributed by atoms with Crippen LogP contribution in [0.5, 0.6) is 0 Å². The zero-order valence-corrected chi connectivity index (χ0v) is 22.0. The van der Waals surface area contributed by atoms with Gasteiger partial charge < -0.3 is 9.62 Å². The Hall–Kier alpha value is -1.66. The molecule has 1 heterocycles. The Morgan fingerprint density at radius 2 is 0.968 bits per heavy atom. The molecule has 0 saturated carbocycles. The predicted molar refractivity (Wildman–Crippen MR) is 145 cm³/mol. The Kier molecular flexibility index (Phi) is 7.32. The van der Waals surface area contributed by atoms with Gasteiger partial charge in [-0.1, -0.05) is 42.3 Å². The van der Waals surface area contributed by atoms with Crippen molar-refractivity contribution in [2.75, 3.05) is 28.1 Å². The number of hydrogen-bond acceptors (Lipinski definition) is 2. The highest BCUT2D eigenvalue weighted by atomic mass is 31.2. The van der Waals surface area contributed by atoms with E-state index in [1.165, 1.54) is 63.2 Å². The minimum absolute atomic E-state index is 0.216. The fraction of sp³-hybridized carbons (Fsp3) is 0.462. The summed E-state index contributed by atoms with van der Waals surface area (Å²) in [6.07, 6.45) is 8.43. The minimum Gasteiger partial charge on any atom is -0.405 e. The third-order valence-corrected chi connectivity index (χ3v) is 11.8. The quantitative estimate of drug-likeness (QED) is 0.343. The van der Waals surface area contributed by atoms with E-state index in [0.29, 0.717) is 0 Å². The SMILES string of the molecule is CC[P+]([B-]B1N(c2c(C)cc(C)cc2C)C=CN1c1c(C)cc(C)cc1C)(CC)CC. The van der Waals surface area contributed by atoms with Crippen molar-refractivity contribution in [1.82, 2.24) is 0 Å². The molecule has 5 heteroatoms. The number of rotatable bonds is 7. The molecule has 31 heavy (non-hydrogen) atoms. The highest BCUT2D eigenvalue weighted by Crippen LogP contribution is 2.57. The summed E-state index contributed by atoms with van der Waals surface area (Å²) in [6.45, 7) is 23.5. The van der Waals surface area contributed by atoms with E-state index >= 15 is 0 Å². The van der Waals surface area contributed by atoms with Crippen molar-refractivity contribution in [2.45, 2.75) is 62.3 Å². The van der Waals surface area contributed by atoms with Crippen LogP contribution in [0.15, 0.2) is 36.7 Å². The molecule has 0 unspecified atom stereocenters. The van der Waals surface area contributed by atoms with Gasteiger partial charge in [0.25, 0.3) is 0 Å². The van der Waals surface area contributed by atoms with E-state index in [4.69, 9.17) is 0 Å². The number of hydrogen-bond donors (Lipinski definition) is 0. The van der Waals surface area contributed by atoms with Gasteiger partial charge in [0.2, 0.25) is 0 Å². The summed E-state index contributed by atoms with van der Waals surface area (Å²) in [5, 5.41) is 0. The molecule has 0 aliphatic carbocycles. The molecular weight excluding hydrogens is 393 g/mol. The average Bonchev–Trinajstić information content (AvgIpc) is 3.07. The number of nitrogens with zero attached hydrogens (tertiary/aromatic N) is 2. The molecule has 0 atom stereocenters. The van der Waals surface area contributed by atoms with Gasteiger partial charge in [0, 0.05) is 42.3 Å². The molecule has 0 N–H and O–H groups in total. The summed E-state index contributed by atoms with van der Waals surface area (Å²) in [6, 6.07) is 9.28. The van der Waals surface area contributed by atoms with Crippen molar-refractivity contribution < 1.29 is 0 Å². The van der Waals surface area contributed by atoms with Crippen LogP contribution < -0.4 is 9.62 Å². The van der Waals surface area contributed by atoms with E-state index in [9.17, 15) is 0 Å². The third-order valence-electron chi connectivity index (χ3n) is 7.08. The zero-order valence-electron chi connectivity index (χ0n) is 21.1. The van der Waals surface area contributed by atoms with Crippen LogP contribution in [0.1, 0.15) is 54.2 Å². The molecule has 3 rings (SSSR count). The predicted octanol–water partition coefficient (Wildman–Crippen LogP) is 7.02. The van der Waals surface area contributed by atoms with Gasteiger partial charge in [-0.05, 0) is 84.6 Å². The fourth-order valence-electron chi connectivity index (χ4n) is 5.44. The zero-order chi connectivity index (χ0) is 22.9. The Bertz CT molecular complexity index is 860. The average molecular weight is 432 g/mol. The van der Waals surface area contributed by atoms with Crippen LogP contribution in [-0.4, -0.2) is 32.2 Å². The molecule has 2 nitrogen and oxygen atoms in total. The molecule has 1 aliphatic rings. The highest BCUT2D eigenvalue weighted by Gasteiger charge is 2.35. The molecule has 0 spiro atoms. The van der Waals surface area contributed by atoms with E-state index in [1.807, 2.05) is 0 Å². The van der Waals surface area contributed by atoms with Crippen molar-refractivity contribution >= 4 is 32.3 Å². The van der Waals surface area contributed by atoms with E-state index in [-0.39, 0.29) is 6.87 Å². The maximum absolute atomic E-state index is 2.74. The first-order chi connectivity index (χ1) is 14.7. The number of anilines is 2. The second-order valence-electron chi connectivity index (χ2n) is 9.34. The lowest BCUT2D eigenvalue weighted by atomic mass is 9.48. The first-order valence-corrected chi connectivity index (χ1v) is 14.2. The van der Waals surface area contributed by atoms with E-state index in [2.05, 4.69) is 115 Å². The number of aryl methyl sites for hydroxylation is 6. The Morgan fingerprint density at radius 3 is 1.26 bits per heavy atom.